The second kappa shape index (κ2) is 9.68. The van der Waals surface area contributed by atoms with E-state index in [1.165, 1.54) is 37.4 Å². The van der Waals surface area contributed by atoms with Crippen LogP contribution in [0.2, 0.25) is 0 Å². The van der Waals surface area contributed by atoms with Gasteiger partial charge in [0.05, 0.1) is 7.11 Å². The summed E-state index contributed by atoms with van der Waals surface area (Å²) in [4.78, 5) is 35.8. The Morgan fingerprint density at radius 3 is 2.39 bits per heavy atom. The van der Waals surface area contributed by atoms with Crippen LogP contribution in [0.25, 0.3) is 11.3 Å². The Morgan fingerprint density at radius 1 is 1.11 bits per heavy atom. The van der Waals surface area contributed by atoms with E-state index in [1.807, 2.05) is 13.8 Å². The molecule has 0 aliphatic rings. The van der Waals surface area contributed by atoms with E-state index in [2.05, 4.69) is 10.1 Å². The zero-order chi connectivity index (χ0) is 20.7. The van der Waals surface area contributed by atoms with Crippen molar-refractivity contribution < 1.29 is 32.7 Å². The van der Waals surface area contributed by atoms with Gasteiger partial charge in [0.15, 0.2) is 6.61 Å². The van der Waals surface area contributed by atoms with Crippen LogP contribution < -0.4 is 5.32 Å². The maximum Gasteiger partial charge on any atom is 0.374 e. The van der Waals surface area contributed by atoms with E-state index in [1.54, 1.807) is 6.07 Å². The van der Waals surface area contributed by atoms with Gasteiger partial charge in [-0.1, -0.05) is 13.8 Å². The normalized spacial score (nSPS) is 11.8. The minimum absolute atomic E-state index is 0.0983. The van der Waals surface area contributed by atoms with Gasteiger partial charge in [0, 0.05) is 5.56 Å². The first-order valence-corrected chi connectivity index (χ1v) is 8.70. The van der Waals surface area contributed by atoms with Crippen molar-refractivity contribution in [2.75, 3.05) is 13.7 Å². The monoisotopic (exact) mass is 391 g/mol. The molecule has 1 aromatic heterocycles. The van der Waals surface area contributed by atoms with Crippen LogP contribution in [0.5, 0.6) is 0 Å². The summed E-state index contributed by atoms with van der Waals surface area (Å²) < 4.78 is 27.9. The number of ether oxygens (including phenoxy) is 2. The highest BCUT2D eigenvalue weighted by Crippen LogP contribution is 2.22. The molecule has 2 rings (SSSR count). The Balaban J connectivity index is 1.91. The first-order valence-electron chi connectivity index (χ1n) is 8.70. The minimum atomic E-state index is -0.831. The lowest BCUT2D eigenvalue weighted by Crippen LogP contribution is -2.44. The summed E-state index contributed by atoms with van der Waals surface area (Å²) in [5.74, 6) is -2.00. The highest BCUT2D eigenvalue weighted by atomic mass is 19.1. The lowest BCUT2D eigenvalue weighted by Gasteiger charge is -2.18. The topological polar surface area (TPSA) is 94.8 Å². The molecule has 0 bridgehead atoms. The van der Waals surface area contributed by atoms with Crippen molar-refractivity contribution in [1.82, 2.24) is 5.32 Å². The lowest BCUT2D eigenvalue weighted by atomic mass is 10.0. The van der Waals surface area contributed by atoms with Gasteiger partial charge in [0.1, 0.15) is 17.6 Å². The maximum atomic E-state index is 13.0. The number of hydrogen-bond acceptors (Lipinski definition) is 6. The van der Waals surface area contributed by atoms with Crippen LogP contribution in [0.1, 0.15) is 30.8 Å². The minimum Gasteiger partial charge on any atom is -0.467 e. The number of nitrogens with one attached hydrogen (secondary N) is 1. The SMILES string of the molecule is COC(=O)[C@@H](CC(C)C)NC(=O)COC(=O)c1ccc(-c2ccc(F)cc2)o1. The summed E-state index contributed by atoms with van der Waals surface area (Å²) in [6.07, 6.45) is 0.394. The zero-order valence-corrected chi connectivity index (χ0v) is 15.9. The van der Waals surface area contributed by atoms with E-state index in [4.69, 9.17) is 9.15 Å². The third-order valence-corrected chi connectivity index (χ3v) is 3.80. The zero-order valence-electron chi connectivity index (χ0n) is 15.9. The molecule has 0 unspecified atom stereocenters. The fraction of sp³-hybridized carbons (Fsp3) is 0.350. The molecule has 1 atom stereocenters. The van der Waals surface area contributed by atoms with Crippen LogP contribution in [0, 0.1) is 11.7 Å². The fourth-order valence-corrected chi connectivity index (χ4v) is 2.48. The van der Waals surface area contributed by atoms with E-state index in [0.29, 0.717) is 17.7 Å². The van der Waals surface area contributed by atoms with Crippen LogP contribution in [-0.4, -0.2) is 37.6 Å². The van der Waals surface area contributed by atoms with Crippen molar-refractivity contribution in [3.05, 3.63) is 48.0 Å². The molecule has 2 aromatic rings. The number of benzene rings is 1. The molecule has 0 aliphatic heterocycles. The van der Waals surface area contributed by atoms with Crippen LogP contribution in [-0.2, 0) is 19.1 Å². The quantitative estimate of drug-likeness (QED) is 0.695. The number of amides is 1. The van der Waals surface area contributed by atoms with Gasteiger partial charge in [-0.2, -0.15) is 0 Å². The molecule has 8 heteroatoms. The fourth-order valence-electron chi connectivity index (χ4n) is 2.48. The van der Waals surface area contributed by atoms with Gasteiger partial charge < -0.3 is 19.2 Å². The molecular formula is C20H22FNO6. The number of rotatable bonds is 8. The Morgan fingerprint density at radius 2 is 1.79 bits per heavy atom. The van der Waals surface area contributed by atoms with E-state index >= 15 is 0 Å². The smallest absolute Gasteiger partial charge is 0.374 e. The summed E-state index contributed by atoms with van der Waals surface area (Å²) in [7, 11) is 1.23. The second-order valence-corrected chi connectivity index (χ2v) is 6.52. The Labute approximate surface area is 161 Å². The van der Waals surface area contributed by atoms with Crippen LogP contribution in [0.3, 0.4) is 0 Å². The summed E-state index contributed by atoms with van der Waals surface area (Å²) in [5.41, 5.74) is 0.591. The molecule has 0 spiro atoms. The number of esters is 2. The molecule has 1 aromatic carbocycles. The average Bonchev–Trinajstić information content (AvgIpc) is 3.15. The van der Waals surface area contributed by atoms with Gasteiger partial charge in [-0.15, -0.1) is 0 Å². The van der Waals surface area contributed by atoms with E-state index < -0.39 is 30.5 Å². The second-order valence-electron chi connectivity index (χ2n) is 6.52. The van der Waals surface area contributed by atoms with Gasteiger partial charge >= 0.3 is 11.9 Å². The maximum absolute atomic E-state index is 13.0. The Hall–Kier alpha value is -3.16. The van der Waals surface area contributed by atoms with Crippen molar-refractivity contribution in [1.29, 1.82) is 0 Å². The molecule has 28 heavy (non-hydrogen) atoms. The van der Waals surface area contributed by atoms with Crippen LogP contribution >= 0.6 is 0 Å². The predicted octanol–water partition coefficient (Wildman–Crippen LogP) is 2.95. The number of methoxy groups -OCH3 is 1. The van der Waals surface area contributed by atoms with E-state index in [-0.39, 0.29) is 17.5 Å². The number of hydrogen-bond donors (Lipinski definition) is 1. The van der Waals surface area contributed by atoms with E-state index in [9.17, 15) is 18.8 Å². The molecule has 0 aliphatic carbocycles. The third kappa shape index (κ3) is 5.94. The molecule has 1 amide bonds. The molecular weight excluding hydrogens is 369 g/mol. The predicted molar refractivity (Wildman–Crippen MR) is 97.8 cm³/mol. The Bertz CT molecular complexity index is 827. The highest BCUT2D eigenvalue weighted by molar-refractivity contribution is 5.90. The lowest BCUT2D eigenvalue weighted by molar-refractivity contribution is -0.145. The third-order valence-electron chi connectivity index (χ3n) is 3.80. The highest BCUT2D eigenvalue weighted by Gasteiger charge is 2.23. The first kappa shape index (κ1) is 21.1. The van der Waals surface area contributed by atoms with Gasteiger partial charge in [-0.3, -0.25) is 4.79 Å². The molecule has 7 nitrogen and oxygen atoms in total. The largest absolute Gasteiger partial charge is 0.467 e. The summed E-state index contributed by atoms with van der Waals surface area (Å²) >= 11 is 0. The van der Waals surface area contributed by atoms with Gasteiger partial charge in [-0.25, -0.2) is 14.0 Å². The molecule has 0 fully saturated rings. The summed E-state index contributed by atoms with van der Waals surface area (Å²) in [5, 5.41) is 2.49. The molecule has 150 valence electrons. The molecule has 0 saturated heterocycles. The number of halogens is 1. The molecule has 1 heterocycles. The van der Waals surface area contributed by atoms with Crippen molar-refractivity contribution >= 4 is 17.8 Å². The Kier molecular flexibility index (Phi) is 7.31. The summed E-state index contributed by atoms with van der Waals surface area (Å²) in [6, 6.07) is 7.69. The first-order chi connectivity index (χ1) is 13.3. The van der Waals surface area contributed by atoms with Crippen LogP contribution in [0.4, 0.5) is 4.39 Å². The average molecular weight is 391 g/mol. The number of carbonyl (C=O) groups is 3. The van der Waals surface area contributed by atoms with Crippen LogP contribution in [0.15, 0.2) is 40.8 Å². The number of carbonyl (C=O) groups excluding carboxylic acids is 3. The standard InChI is InChI=1S/C20H22FNO6/c1-12(2)10-15(19(24)26-3)22-18(23)11-27-20(25)17-9-8-16(28-17)13-4-6-14(21)7-5-13/h4-9,12,15H,10-11H2,1-3H3,(H,22,23)/t15-/m1/s1. The number of furan rings is 1. The summed E-state index contributed by atoms with van der Waals surface area (Å²) in [6.45, 7) is 3.23. The van der Waals surface area contributed by atoms with Gasteiger partial charge in [-0.05, 0) is 48.7 Å². The molecule has 0 saturated carbocycles. The van der Waals surface area contributed by atoms with Crippen molar-refractivity contribution in [3.8, 4) is 11.3 Å². The van der Waals surface area contributed by atoms with Gasteiger partial charge in [0.2, 0.25) is 5.76 Å². The molecule has 1 N–H and O–H groups in total. The van der Waals surface area contributed by atoms with Gasteiger partial charge in [0.25, 0.3) is 5.91 Å². The van der Waals surface area contributed by atoms with E-state index in [0.717, 1.165) is 0 Å². The van der Waals surface area contributed by atoms with Crippen molar-refractivity contribution in [3.63, 3.8) is 0 Å². The molecule has 0 radical (unpaired) electrons. The van der Waals surface area contributed by atoms with Crippen molar-refractivity contribution in [2.45, 2.75) is 26.3 Å². The van der Waals surface area contributed by atoms with Crippen molar-refractivity contribution in [2.24, 2.45) is 5.92 Å².